The summed E-state index contributed by atoms with van der Waals surface area (Å²) < 4.78 is 1.73. The van der Waals surface area contributed by atoms with Gasteiger partial charge < -0.3 is 5.11 Å². The Bertz CT molecular complexity index is 300. The fourth-order valence-electron chi connectivity index (χ4n) is 1.14. The molecule has 0 spiro atoms. The molecule has 0 saturated heterocycles. The summed E-state index contributed by atoms with van der Waals surface area (Å²) in [4.78, 5) is 0. The van der Waals surface area contributed by atoms with Crippen LogP contribution >= 0.6 is 0 Å². The summed E-state index contributed by atoms with van der Waals surface area (Å²) in [5.41, 5.74) is 1.11. The van der Waals surface area contributed by atoms with E-state index in [1.807, 2.05) is 13.2 Å². The highest BCUT2D eigenvalue weighted by Gasteiger charge is 2.06. The minimum atomic E-state index is -0.250. The van der Waals surface area contributed by atoms with Crippen molar-refractivity contribution in [2.24, 2.45) is 13.0 Å². The normalized spacial score (nSPS) is 12.4. The number of rotatable bonds is 4. The van der Waals surface area contributed by atoms with E-state index in [1.165, 1.54) is 0 Å². The van der Waals surface area contributed by atoms with Crippen molar-refractivity contribution >= 4 is 0 Å². The monoisotopic (exact) mass is 179 g/mol. The number of aromatic nitrogens is 2. The topological polar surface area (TPSA) is 61.8 Å². The SMILES string of the molecule is Cn1cc(CCC(C#N)CO)cn1. The maximum absolute atomic E-state index is 8.77. The number of nitrogens with zero attached hydrogens (tertiary/aromatic N) is 3. The standard InChI is InChI=1S/C9H13N3O/c1-12-6-9(5-11-12)3-2-8(4-10)7-13/h5-6,8,13H,2-3,7H2,1H3. The van der Waals surface area contributed by atoms with Gasteiger partial charge in [-0.3, -0.25) is 4.68 Å². The second-order valence-corrected chi connectivity index (χ2v) is 3.07. The molecule has 0 aliphatic rings. The zero-order valence-electron chi connectivity index (χ0n) is 7.64. The van der Waals surface area contributed by atoms with Crippen molar-refractivity contribution in [3.63, 3.8) is 0 Å². The molecule has 1 aromatic rings. The Kier molecular flexibility index (Phi) is 3.47. The molecular formula is C9H13N3O. The highest BCUT2D eigenvalue weighted by Crippen LogP contribution is 2.07. The molecule has 0 radical (unpaired) electrons. The van der Waals surface area contributed by atoms with Gasteiger partial charge in [-0.15, -0.1) is 0 Å². The van der Waals surface area contributed by atoms with Crippen molar-refractivity contribution in [3.8, 4) is 6.07 Å². The van der Waals surface area contributed by atoms with E-state index in [1.54, 1.807) is 10.9 Å². The van der Waals surface area contributed by atoms with E-state index in [2.05, 4.69) is 11.2 Å². The summed E-state index contributed by atoms with van der Waals surface area (Å²) >= 11 is 0. The molecule has 0 fully saturated rings. The molecule has 70 valence electrons. The average molecular weight is 179 g/mol. The van der Waals surface area contributed by atoms with Crippen LogP contribution < -0.4 is 0 Å². The van der Waals surface area contributed by atoms with Gasteiger partial charge >= 0.3 is 0 Å². The summed E-state index contributed by atoms with van der Waals surface area (Å²) in [7, 11) is 1.86. The predicted molar refractivity (Wildman–Crippen MR) is 47.7 cm³/mol. The van der Waals surface area contributed by atoms with E-state index in [9.17, 15) is 0 Å². The molecule has 1 unspecified atom stereocenters. The van der Waals surface area contributed by atoms with Gasteiger partial charge in [-0.25, -0.2) is 0 Å². The Hall–Kier alpha value is -1.34. The molecule has 1 aromatic heterocycles. The van der Waals surface area contributed by atoms with Crippen LogP contribution in [0.15, 0.2) is 12.4 Å². The quantitative estimate of drug-likeness (QED) is 0.731. The molecule has 1 atom stereocenters. The molecule has 0 aromatic carbocycles. The Morgan fingerprint density at radius 1 is 1.77 bits per heavy atom. The van der Waals surface area contributed by atoms with E-state index in [4.69, 9.17) is 10.4 Å². The minimum absolute atomic E-state index is 0.0588. The highest BCUT2D eigenvalue weighted by atomic mass is 16.3. The Morgan fingerprint density at radius 3 is 3.00 bits per heavy atom. The largest absolute Gasteiger partial charge is 0.395 e. The first-order chi connectivity index (χ1) is 6.26. The average Bonchev–Trinajstić information content (AvgIpc) is 2.53. The lowest BCUT2D eigenvalue weighted by molar-refractivity contribution is 0.250. The van der Waals surface area contributed by atoms with Crippen molar-refractivity contribution in [2.45, 2.75) is 12.8 Å². The van der Waals surface area contributed by atoms with Gasteiger partial charge in [0.05, 0.1) is 24.8 Å². The smallest absolute Gasteiger partial charge is 0.0697 e. The molecular weight excluding hydrogens is 166 g/mol. The molecule has 0 bridgehead atoms. The van der Waals surface area contributed by atoms with Crippen LogP contribution in [0, 0.1) is 17.2 Å². The van der Waals surface area contributed by atoms with Gasteiger partial charge in [-0.2, -0.15) is 10.4 Å². The maximum Gasteiger partial charge on any atom is 0.0697 e. The second kappa shape index (κ2) is 4.63. The zero-order chi connectivity index (χ0) is 9.68. The molecule has 1 heterocycles. The molecule has 0 aliphatic carbocycles. The molecule has 13 heavy (non-hydrogen) atoms. The summed E-state index contributed by atoms with van der Waals surface area (Å²) in [6, 6.07) is 2.05. The van der Waals surface area contributed by atoms with Gasteiger partial charge in [0.25, 0.3) is 0 Å². The van der Waals surface area contributed by atoms with E-state index >= 15 is 0 Å². The van der Waals surface area contributed by atoms with Crippen LogP contribution in [0.4, 0.5) is 0 Å². The van der Waals surface area contributed by atoms with E-state index < -0.39 is 0 Å². The molecule has 0 amide bonds. The first-order valence-electron chi connectivity index (χ1n) is 4.24. The number of nitriles is 1. The van der Waals surface area contributed by atoms with Gasteiger partial charge in [-0.05, 0) is 18.4 Å². The fraction of sp³-hybridized carbons (Fsp3) is 0.556. The van der Waals surface area contributed by atoms with Crippen LogP contribution in [0.3, 0.4) is 0 Å². The second-order valence-electron chi connectivity index (χ2n) is 3.07. The Morgan fingerprint density at radius 2 is 2.54 bits per heavy atom. The minimum Gasteiger partial charge on any atom is -0.395 e. The van der Waals surface area contributed by atoms with Crippen LogP contribution in [-0.2, 0) is 13.5 Å². The Labute approximate surface area is 77.4 Å². The van der Waals surface area contributed by atoms with Gasteiger partial charge in [-0.1, -0.05) is 0 Å². The van der Waals surface area contributed by atoms with Crippen LogP contribution in [0.5, 0.6) is 0 Å². The van der Waals surface area contributed by atoms with E-state index in [0.29, 0.717) is 6.42 Å². The lowest BCUT2D eigenvalue weighted by atomic mass is 10.0. The lowest BCUT2D eigenvalue weighted by Crippen LogP contribution is -2.03. The zero-order valence-corrected chi connectivity index (χ0v) is 7.64. The molecule has 1 rings (SSSR count). The van der Waals surface area contributed by atoms with Gasteiger partial charge in [0, 0.05) is 13.2 Å². The Balaban J connectivity index is 2.39. The lowest BCUT2D eigenvalue weighted by Gasteiger charge is -2.02. The summed E-state index contributed by atoms with van der Waals surface area (Å²) in [6.07, 6.45) is 5.20. The number of hydrogen-bond donors (Lipinski definition) is 1. The van der Waals surface area contributed by atoms with Crippen molar-refractivity contribution < 1.29 is 5.11 Å². The van der Waals surface area contributed by atoms with E-state index in [-0.39, 0.29) is 12.5 Å². The predicted octanol–water partition coefficient (Wildman–Crippen LogP) is 0.485. The molecule has 1 N–H and O–H groups in total. The van der Waals surface area contributed by atoms with Crippen molar-refractivity contribution in [3.05, 3.63) is 18.0 Å². The van der Waals surface area contributed by atoms with Crippen LogP contribution in [0.2, 0.25) is 0 Å². The summed E-state index contributed by atoms with van der Waals surface area (Å²) in [5.74, 6) is -0.250. The number of aliphatic hydroxyl groups excluding tert-OH is 1. The van der Waals surface area contributed by atoms with Crippen LogP contribution in [-0.4, -0.2) is 21.5 Å². The summed E-state index contributed by atoms with van der Waals surface area (Å²) in [6.45, 7) is -0.0588. The van der Waals surface area contributed by atoms with Gasteiger partial charge in [0.2, 0.25) is 0 Å². The van der Waals surface area contributed by atoms with Crippen molar-refractivity contribution in [2.75, 3.05) is 6.61 Å². The molecule has 4 heteroatoms. The number of aliphatic hydroxyl groups is 1. The van der Waals surface area contributed by atoms with Crippen LogP contribution in [0.1, 0.15) is 12.0 Å². The third kappa shape index (κ3) is 2.88. The fourth-order valence-corrected chi connectivity index (χ4v) is 1.14. The highest BCUT2D eigenvalue weighted by molar-refractivity contribution is 5.04. The van der Waals surface area contributed by atoms with Crippen molar-refractivity contribution in [1.29, 1.82) is 5.26 Å². The summed E-state index contributed by atoms with van der Waals surface area (Å²) in [5, 5.41) is 21.4. The molecule has 0 saturated carbocycles. The third-order valence-corrected chi connectivity index (χ3v) is 1.94. The van der Waals surface area contributed by atoms with Crippen LogP contribution in [0.25, 0.3) is 0 Å². The van der Waals surface area contributed by atoms with Gasteiger partial charge in [0.1, 0.15) is 0 Å². The van der Waals surface area contributed by atoms with E-state index in [0.717, 1.165) is 12.0 Å². The third-order valence-electron chi connectivity index (χ3n) is 1.94. The molecule has 0 aliphatic heterocycles. The first-order valence-corrected chi connectivity index (χ1v) is 4.24. The maximum atomic E-state index is 8.77. The van der Waals surface area contributed by atoms with Gasteiger partial charge in [0.15, 0.2) is 0 Å². The number of aryl methyl sites for hydroxylation is 2. The molecule has 4 nitrogen and oxygen atoms in total. The first kappa shape index (κ1) is 9.75. The van der Waals surface area contributed by atoms with Crippen molar-refractivity contribution in [1.82, 2.24) is 9.78 Å². The number of hydrogen-bond acceptors (Lipinski definition) is 3.